The second-order valence-corrected chi connectivity index (χ2v) is 5.53. The summed E-state index contributed by atoms with van der Waals surface area (Å²) >= 11 is 9.05. The molecule has 0 spiro atoms. The molecule has 1 saturated heterocycles. The third-order valence-corrected chi connectivity index (χ3v) is 4.43. The molecule has 2 nitrogen and oxygen atoms in total. The molecule has 0 aliphatic carbocycles. The Morgan fingerprint density at radius 3 is 2.50 bits per heavy atom. The van der Waals surface area contributed by atoms with Gasteiger partial charge in [0.2, 0.25) is 0 Å². The molecule has 1 aliphatic rings. The monoisotopic (exact) mass is 250 g/mol. The van der Waals surface area contributed by atoms with Crippen LogP contribution in [0.25, 0.3) is 0 Å². The Kier molecular flexibility index (Phi) is 4.92. The number of hydrogen-bond donors (Lipinski definition) is 0. The first-order valence-corrected chi connectivity index (χ1v) is 6.44. The van der Waals surface area contributed by atoms with Crippen LogP contribution in [0.4, 0.5) is 0 Å². The van der Waals surface area contributed by atoms with Crippen molar-refractivity contribution in [1.82, 2.24) is 0 Å². The lowest BCUT2D eigenvalue weighted by Gasteiger charge is -2.16. The van der Waals surface area contributed by atoms with E-state index in [0.717, 1.165) is 22.2 Å². The maximum Gasteiger partial charge on any atom is 0.341 e. The van der Waals surface area contributed by atoms with E-state index < -0.39 is 5.97 Å². The van der Waals surface area contributed by atoms with Gasteiger partial charge < -0.3 is 4.74 Å². The molecule has 1 aliphatic heterocycles. The number of thioether (sulfide) groups is 2. The lowest BCUT2D eigenvalue weighted by molar-refractivity contribution is -0.135. The molecule has 0 aromatic rings. The normalized spacial score (nSPS) is 16.3. The zero-order valence-electron chi connectivity index (χ0n) is 7.84. The summed E-state index contributed by atoms with van der Waals surface area (Å²) in [6, 6.07) is 0. The van der Waals surface area contributed by atoms with Crippen LogP contribution < -0.4 is 0 Å². The summed E-state index contributed by atoms with van der Waals surface area (Å²) in [7, 11) is 1.35. The van der Waals surface area contributed by atoms with E-state index in [9.17, 15) is 4.79 Å². The predicted octanol–water partition coefficient (Wildman–Crippen LogP) is 2.99. The Bertz CT molecular complexity index is 279. The fourth-order valence-corrected chi connectivity index (χ4v) is 3.93. The summed E-state index contributed by atoms with van der Waals surface area (Å²) in [5, 5.41) is 0.258. The van der Waals surface area contributed by atoms with Crippen molar-refractivity contribution in [2.45, 2.75) is 6.42 Å². The van der Waals surface area contributed by atoms with Gasteiger partial charge in [-0.05, 0) is 17.9 Å². The van der Waals surface area contributed by atoms with Crippen LogP contribution >= 0.6 is 35.1 Å². The Hall–Kier alpha value is -0.0600. The van der Waals surface area contributed by atoms with E-state index >= 15 is 0 Å². The molecule has 1 heterocycles. The highest BCUT2D eigenvalue weighted by Gasteiger charge is 2.20. The minimum atomic E-state index is -0.401. The zero-order valence-corrected chi connectivity index (χ0v) is 10.2. The van der Waals surface area contributed by atoms with Gasteiger partial charge in [0.25, 0.3) is 0 Å². The molecule has 78 valence electrons. The van der Waals surface area contributed by atoms with E-state index in [4.69, 9.17) is 11.6 Å². The highest BCUT2D eigenvalue weighted by Crippen LogP contribution is 2.39. The Labute approximate surface area is 97.1 Å². The van der Waals surface area contributed by atoms with Crippen LogP contribution in [0, 0.1) is 0 Å². The Morgan fingerprint density at radius 1 is 1.50 bits per heavy atom. The van der Waals surface area contributed by atoms with Crippen molar-refractivity contribution < 1.29 is 9.53 Å². The van der Waals surface area contributed by atoms with Crippen molar-refractivity contribution in [3.8, 4) is 0 Å². The molecule has 0 bridgehead atoms. The molecule has 0 N–H and O–H groups in total. The minimum absolute atomic E-state index is 0.258. The smallest absolute Gasteiger partial charge is 0.341 e. The topological polar surface area (TPSA) is 26.3 Å². The van der Waals surface area contributed by atoms with Gasteiger partial charge in [-0.3, -0.25) is 0 Å². The fourth-order valence-electron chi connectivity index (χ4n) is 0.982. The number of carbonyl (C=O) groups is 1. The van der Waals surface area contributed by atoms with Crippen LogP contribution in [0.5, 0.6) is 0 Å². The maximum atomic E-state index is 11.4. The minimum Gasteiger partial charge on any atom is -0.465 e. The molecular formula is C9H11ClO2S2. The summed E-state index contributed by atoms with van der Waals surface area (Å²) < 4.78 is 5.59. The molecule has 0 saturated carbocycles. The first-order chi connectivity index (χ1) is 6.66. The molecule has 0 radical (unpaired) electrons. The molecule has 0 aromatic carbocycles. The lowest BCUT2D eigenvalue weighted by Crippen LogP contribution is -2.08. The van der Waals surface area contributed by atoms with Crippen LogP contribution in [0.1, 0.15) is 6.42 Å². The number of methoxy groups -OCH3 is 1. The highest BCUT2D eigenvalue weighted by molar-refractivity contribution is 8.22. The van der Waals surface area contributed by atoms with Crippen molar-refractivity contribution in [1.29, 1.82) is 0 Å². The van der Waals surface area contributed by atoms with Crippen molar-refractivity contribution in [2.24, 2.45) is 0 Å². The van der Waals surface area contributed by atoms with Crippen molar-refractivity contribution >= 4 is 41.1 Å². The second-order valence-electron chi connectivity index (χ2n) is 2.61. The van der Waals surface area contributed by atoms with Gasteiger partial charge >= 0.3 is 5.97 Å². The highest BCUT2D eigenvalue weighted by atomic mass is 35.5. The van der Waals surface area contributed by atoms with Gasteiger partial charge in [0.05, 0.1) is 16.9 Å². The van der Waals surface area contributed by atoms with E-state index in [2.05, 4.69) is 11.3 Å². The van der Waals surface area contributed by atoms with Crippen LogP contribution in [-0.4, -0.2) is 24.6 Å². The van der Waals surface area contributed by atoms with E-state index in [1.807, 2.05) is 0 Å². The van der Waals surface area contributed by atoms with Crippen molar-refractivity contribution in [3.05, 3.63) is 21.4 Å². The molecule has 1 rings (SSSR count). The average Bonchev–Trinajstić information content (AvgIpc) is 2.19. The van der Waals surface area contributed by atoms with E-state index in [1.54, 1.807) is 23.5 Å². The van der Waals surface area contributed by atoms with Gasteiger partial charge in [-0.15, -0.1) is 23.5 Å². The fraction of sp³-hybridized carbons (Fsp3) is 0.444. The van der Waals surface area contributed by atoms with E-state index in [1.165, 1.54) is 7.11 Å². The Balaban J connectivity index is 2.94. The predicted molar refractivity (Wildman–Crippen MR) is 63.6 cm³/mol. The van der Waals surface area contributed by atoms with E-state index in [0.29, 0.717) is 5.57 Å². The van der Waals surface area contributed by atoms with Crippen LogP contribution in [0.2, 0.25) is 0 Å². The quantitative estimate of drug-likeness (QED) is 0.556. The zero-order chi connectivity index (χ0) is 10.6. The molecule has 5 heteroatoms. The summed E-state index contributed by atoms with van der Waals surface area (Å²) in [6.07, 6.45) is 1.15. The molecule has 14 heavy (non-hydrogen) atoms. The second kappa shape index (κ2) is 5.73. The van der Waals surface area contributed by atoms with Gasteiger partial charge in [0.1, 0.15) is 0 Å². The molecule has 0 amide bonds. The number of halogens is 1. The average molecular weight is 251 g/mol. The summed E-state index contributed by atoms with van der Waals surface area (Å²) in [4.78, 5) is 11.4. The molecule has 0 atom stereocenters. The third kappa shape index (κ3) is 2.97. The summed E-state index contributed by atoms with van der Waals surface area (Å²) in [5.74, 6) is 1.64. The summed E-state index contributed by atoms with van der Waals surface area (Å²) in [6.45, 7) is 3.58. The van der Waals surface area contributed by atoms with Crippen LogP contribution in [-0.2, 0) is 9.53 Å². The number of hydrogen-bond acceptors (Lipinski definition) is 4. The number of esters is 1. The van der Waals surface area contributed by atoms with Gasteiger partial charge in [0.15, 0.2) is 0 Å². The lowest BCUT2D eigenvalue weighted by atomic mass is 10.3. The Morgan fingerprint density at radius 2 is 2.07 bits per heavy atom. The first-order valence-electron chi connectivity index (χ1n) is 4.09. The van der Waals surface area contributed by atoms with Gasteiger partial charge in [-0.2, -0.15) is 0 Å². The van der Waals surface area contributed by atoms with Crippen LogP contribution in [0.3, 0.4) is 0 Å². The van der Waals surface area contributed by atoms with Crippen molar-refractivity contribution in [3.63, 3.8) is 0 Å². The third-order valence-electron chi connectivity index (χ3n) is 1.62. The van der Waals surface area contributed by atoms with Gasteiger partial charge in [-0.1, -0.05) is 18.2 Å². The molecule has 0 unspecified atom stereocenters. The largest absolute Gasteiger partial charge is 0.465 e. The van der Waals surface area contributed by atoms with Crippen molar-refractivity contribution in [2.75, 3.05) is 18.6 Å². The SMILES string of the molecule is C=C(Cl)C(C(=O)OC)=C1SCCCS1. The molecule has 1 fully saturated rings. The molecule has 0 aromatic heterocycles. The first kappa shape index (κ1) is 12.0. The number of ether oxygens (including phenoxy) is 1. The van der Waals surface area contributed by atoms with Gasteiger partial charge in [0, 0.05) is 5.03 Å². The van der Waals surface area contributed by atoms with Crippen LogP contribution in [0.15, 0.2) is 21.4 Å². The number of rotatable bonds is 2. The molecular weight excluding hydrogens is 240 g/mol. The number of carbonyl (C=O) groups excluding carboxylic acids is 1. The van der Waals surface area contributed by atoms with E-state index in [-0.39, 0.29) is 5.03 Å². The maximum absolute atomic E-state index is 11.4. The standard InChI is InChI=1S/C9H11ClO2S2/c1-6(10)7(8(11)12-2)9-13-4-3-5-14-9/h1,3-5H2,2H3. The van der Waals surface area contributed by atoms with Gasteiger partial charge in [-0.25, -0.2) is 4.79 Å². The summed E-state index contributed by atoms with van der Waals surface area (Å²) in [5.41, 5.74) is 0.420.